The van der Waals surface area contributed by atoms with Crippen LogP contribution in [0.1, 0.15) is 48.2 Å². The molecule has 0 saturated heterocycles. The molecule has 1 atom stereocenters. The monoisotopic (exact) mass is 275 g/mol. The van der Waals surface area contributed by atoms with E-state index in [1.165, 1.54) is 6.33 Å². The number of amides is 1. The summed E-state index contributed by atoms with van der Waals surface area (Å²) in [6.07, 6.45) is 4.39. The van der Waals surface area contributed by atoms with Crippen LogP contribution in [-0.2, 0) is 13.6 Å². The molecule has 0 bridgehead atoms. The molecule has 2 heterocycles. The van der Waals surface area contributed by atoms with Crippen LogP contribution in [0.4, 0.5) is 0 Å². The molecule has 6 nitrogen and oxygen atoms in total. The molecule has 6 heteroatoms. The number of aromatic nitrogens is 4. The third kappa shape index (κ3) is 2.74. The topological polar surface area (TPSA) is 64.7 Å². The predicted octanol–water partition coefficient (Wildman–Crippen LogP) is 1.83. The maximum absolute atomic E-state index is 12.3. The van der Waals surface area contributed by atoms with Crippen molar-refractivity contribution >= 4 is 5.91 Å². The summed E-state index contributed by atoms with van der Waals surface area (Å²) in [6.45, 7) is 6.74. The molecule has 20 heavy (non-hydrogen) atoms. The average Bonchev–Trinajstić information content (AvgIpc) is 2.98. The van der Waals surface area contributed by atoms with E-state index >= 15 is 0 Å². The summed E-state index contributed by atoms with van der Waals surface area (Å²) in [5.41, 5.74) is 1.64. The molecular formula is C14H21N5O. The standard InChI is InChI=1S/C14H21N5O/c1-5-7-19-13(15-9-16-19)10(2)17-14(20)12-6-8-18(4)11(12)3/h6,8-10H,5,7H2,1-4H3,(H,17,20)/t10-/m0/s1. The van der Waals surface area contributed by atoms with Gasteiger partial charge >= 0.3 is 0 Å². The number of hydrogen-bond donors (Lipinski definition) is 1. The van der Waals surface area contributed by atoms with E-state index in [0.717, 1.165) is 24.5 Å². The second-order valence-corrected chi connectivity index (χ2v) is 4.96. The van der Waals surface area contributed by atoms with Crippen LogP contribution < -0.4 is 5.32 Å². The van der Waals surface area contributed by atoms with Gasteiger partial charge in [0.25, 0.3) is 5.91 Å². The van der Waals surface area contributed by atoms with Crippen molar-refractivity contribution in [1.29, 1.82) is 0 Å². The van der Waals surface area contributed by atoms with E-state index in [-0.39, 0.29) is 11.9 Å². The molecule has 0 aromatic carbocycles. The Morgan fingerprint density at radius 1 is 1.50 bits per heavy atom. The van der Waals surface area contributed by atoms with E-state index in [1.54, 1.807) is 0 Å². The maximum Gasteiger partial charge on any atom is 0.253 e. The van der Waals surface area contributed by atoms with Crippen molar-refractivity contribution in [2.75, 3.05) is 0 Å². The fraction of sp³-hybridized carbons (Fsp3) is 0.500. The van der Waals surface area contributed by atoms with Crippen molar-refractivity contribution in [3.05, 3.63) is 35.7 Å². The Morgan fingerprint density at radius 3 is 2.85 bits per heavy atom. The summed E-state index contributed by atoms with van der Waals surface area (Å²) in [5, 5.41) is 7.15. The van der Waals surface area contributed by atoms with Crippen LogP contribution in [0.2, 0.25) is 0 Å². The van der Waals surface area contributed by atoms with Crippen LogP contribution >= 0.6 is 0 Å². The summed E-state index contributed by atoms with van der Waals surface area (Å²) in [4.78, 5) is 16.5. The number of carbonyl (C=O) groups is 1. The van der Waals surface area contributed by atoms with Crippen molar-refractivity contribution in [2.24, 2.45) is 7.05 Å². The van der Waals surface area contributed by atoms with Gasteiger partial charge in [-0.2, -0.15) is 5.10 Å². The fourth-order valence-electron chi connectivity index (χ4n) is 2.18. The first-order valence-corrected chi connectivity index (χ1v) is 6.85. The SMILES string of the molecule is CCCn1ncnc1[C@H](C)NC(=O)c1ccn(C)c1C. The zero-order chi connectivity index (χ0) is 14.7. The van der Waals surface area contributed by atoms with Gasteiger partial charge in [0.15, 0.2) is 0 Å². The first-order valence-electron chi connectivity index (χ1n) is 6.85. The maximum atomic E-state index is 12.3. The van der Waals surface area contributed by atoms with Crippen LogP contribution in [0.3, 0.4) is 0 Å². The highest BCUT2D eigenvalue weighted by atomic mass is 16.1. The van der Waals surface area contributed by atoms with Crippen LogP contribution in [0.15, 0.2) is 18.6 Å². The lowest BCUT2D eigenvalue weighted by molar-refractivity contribution is 0.0936. The summed E-state index contributed by atoms with van der Waals surface area (Å²) in [6, 6.07) is 1.66. The van der Waals surface area contributed by atoms with Gasteiger partial charge in [-0.1, -0.05) is 6.92 Å². The highest BCUT2D eigenvalue weighted by Crippen LogP contribution is 2.13. The van der Waals surface area contributed by atoms with Gasteiger partial charge in [0, 0.05) is 25.5 Å². The molecule has 0 unspecified atom stereocenters. The largest absolute Gasteiger partial charge is 0.354 e. The molecule has 0 aliphatic carbocycles. The second-order valence-electron chi connectivity index (χ2n) is 4.96. The van der Waals surface area contributed by atoms with E-state index in [4.69, 9.17) is 0 Å². The molecule has 2 aromatic rings. The Labute approximate surface area is 118 Å². The number of rotatable bonds is 5. The highest BCUT2D eigenvalue weighted by Gasteiger charge is 2.18. The number of carbonyl (C=O) groups excluding carboxylic acids is 1. The van der Waals surface area contributed by atoms with Crippen LogP contribution in [0.25, 0.3) is 0 Å². The molecule has 0 spiro atoms. The summed E-state index contributed by atoms with van der Waals surface area (Å²) < 4.78 is 3.77. The summed E-state index contributed by atoms with van der Waals surface area (Å²) in [5.74, 6) is 0.704. The second kappa shape index (κ2) is 5.90. The quantitative estimate of drug-likeness (QED) is 0.905. The predicted molar refractivity (Wildman–Crippen MR) is 76.3 cm³/mol. The van der Waals surface area contributed by atoms with Gasteiger partial charge in [0.1, 0.15) is 12.2 Å². The Hall–Kier alpha value is -2.11. The van der Waals surface area contributed by atoms with E-state index < -0.39 is 0 Å². The smallest absolute Gasteiger partial charge is 0.253 e. The van der Waals surface area contributed by atoms with Crippen LogP contribution in [0, 0.1) is 6.92 Å². The Kier molecular flexibility index (Phi) is 4.22. The molecule has 2 rings (SSSR count). The van der Waals surface area contributed by atoms with Crippen molar-refractivity contribution in [2.45, 2.75) is 39.8 Å². The Balaban J connectivity index is 2.11. The van der Waals surface area contributed by atoms with Gasteiger partial charge in [-0.05, 0) is 26.3 Å². The van der Waals surface area contributed by atoms with Gasteiger partial charge in [-0.3, -0.25) is 4.79 Å². The summed E-state index contributed by atoms with van der Waals surface area (Å²) >= 11 is 0. The summed E-state index contributed by atoms with van der Waals surface area (Å²) in [7, 11) is 1.92. The minimum absolute atomic E-state index is 0.0818. The third-order valence-corrected chi connectivity index (χ3v) is 3.44. The van der Waals surface area contributed by atoms with E-state index in [9.17, 15) is 4.79 Å². The van der Waals surface area contributed by atoms with Gasteiger partial charge in [-0.15, -0.1) is 0 Å². The molecule has 1 amide bonds. The molecule has 1 N–H and O–H groups in total. The van der Waals surface area contributed by atoms with E-state index in [1.807, 2.05) is 42.4 Å². The number of nitrogens with one attached hydrogen (secondary N) is 1. The molecule has 0 saturated carbocycles. The normalized spacial score (nSPS) is 12.4. The van der Waals surface area contributed by atoms with Gasteiger partial charge < -0.3 is 9.88 Å². The third-order valence-electron chi connectivity index (χ3n) is 3.44. The molecule has 0 aliphatic rings. The molecule has 108 valence electrons. The van der Waals surface area contributed by atoms with Gasteiger partial charge in [0.2, 0.25) is 0 Å². The van der Waals surface area contributed by atoms with Crippen molar-refractivity contribution in [3.63, 3.8) is 0 Å². The van der Waals surface area contributed by atoms with Gasteiger partial charge in [-0.25, -0.2) is 9.67 Å². The van der Waals surface area contributed by atoms with Gasteiger partial charge in [0.05, 0.1) is 11.6 Å². The zero-order valence-corrected chi connectivity index (χ0v) is 12.4. The lowest BCUT2D eigenvalue weighted by Gasteiger charge is -2.14. The first kappa shape index (κ1) is 14.3. The molecule has 2 aromatic heterocycles. The number of hydrogen-bond acceptors (Lipinski definition) is 3. The first-order chi connectivity index (χ1) is 9.54. The molecule has 0 fully saturated rings. The van der Waals surface area contributed by atoms with E-state index in [2.05, 4.69) is 22.3 Å². The number of nitrogens with zero attached hydrogens (tertiary/aromatic N) is 4. The minimum atomic E-state index is -0.170. The number of aryl methyl sites for hydroxylation is 2. The lowest BCUT2D eigenvalue weighted by atomic mass is 10.2. The zero-order valence-electron chi connectivity index (χ0n) is 12.4. The fourth-order valence-corrected chi connectivity index (χ4v) is 2.18. The molecule has 0 aliphatic heterocycles. The van der Waals surface area contributed by atoms with E-state index in [0.29, 0.717) is 5.56 Å². The van der Waals surface area contributed by atoms with Crippen LogP contribution in [-0.4, -0.2) is 25.2 Å². The highest BCUT2D eigenvalue weighted by molar-refractivity contribution is 5.95. The lowest BCUT2D eigenvalue weighted by Crippen LogP contribution is -2.29. The van der Waals surface area contributed by atoms with Crippen molar-refractivity contribution < 1.29 is 4.79 Å². The Bertz CT molecular complexity index is 598. The van der Waals surface area contributed by atoms with Crippen molar-refractivity contribution in [1.82, 2.24) is 24.6 Å². The molecule has 0 radical (unpaired) electrons. The van der Waals surface area contributed by atoms with Crippen LogP contribution in [0.5, 0.6) is 0 Å². The molecular weight excluding hydrogens is 254 g/mol. The average molecular weight is 275 g/mol. The Morgan fingerprint density at radius 2 is 2.25 bits per heavy atom. The minimum Gasteiger partial charge on any atom is -0.354 e. The van der Waals surface area contributed by atoms with Crippen molar-refractivity contribution in [3.8, 4) is 0 Å².